The number of benzene rings is 1. The lowest BCUT2D eigenvalue weighted by Crippen LogP contribution is -2.37. The highest BCUT2D eigenvalue weighted by Crippen LogP contribution is 2.16. The molecule has 1 heterocycles. The van der Waals surface area contributed by atoms with E-state index >= 15 is 0 Å². The Labute approximate surface area is 151 Å². The van der Waals surface area contributed by atoms with Gasteiger partial charge in [0, 0.05) is 18.1 Å². The molecule has 0 fully saturated rings. The lowest BCUT2D eigenvalue weighted by atomic mass is 10.1. The summed E-state index contributed by atoms with van der Waals surface area (Å²) >= 11 is 3.48. The molecule has 0 aliphatic rings. The number of hydrogen-bond acceptors (Lipinski definition) is 3. The molecule has 0 spiro atoms. The zero-order valence-electron chi connectivity index (χ0n) is 14.3. The monoisotopic (exact) mass is 390 g/mol. The third kappa shape index (κ3) is 4.92. The zero-order chi connectivity index (χ0) is 17.5. The van der Waals surface area contributed by atoms with Gasteiger partial charge in [0.1, 0.15) is 5.82 Å². The van der Waals surface area contributed by atoms with Gasteiger partial charge in [0.2, 0.25) is 0 Å². The number of halogens is 1. The van der Waals surface area contributed by atoms with Gasteiger partial charge < -0.3 is 15.2 Å². The van der Waals surface area contributed by atoms with E-state index in [9.17, 15) is 0 Å². The number of aromatic nitrogens is 3. The lowest BCUT2D eigenvalue weighted by Gasteiger charge is -2.12. The predicted molar refractivity (Wildman–Crippen MR) is 101 cm³/mol. The topological polar surface area (TPSA) is 67.1 Å². The van der Waals surface area contributed by atoms with Crippen LogP contribution in [0.3, 0.4) is 0 Å². The van der Waals surface area contributed by atoms with E-state index in [1.165, 1.54) is 11.1 Å². The van der Waals surface area contributed by atoms with Crippen molar-refractivity contribution in [2.45, 2.75) is 26.9 Å². The van der Waals surface area contributed by atoms with Crippen molar-refractivity contribution < 1.29 is 0 Å². The van der Waals surface area contributed by atoms with Crippen molar-refractivity contribution in [3.8, 4) is 0 Å². The standard InChI is InChI=1S/C17H23BrN6/c1-5-8-19-17(21-11-16-23-22-13(3)24(16)4)20-10-14-6-7-15(18)9-12(14)2/h5-7,9H,1,8,10-11H2,2-4H3,(H2,19,20,21). The number of aliphatic imine (C=N–C) groups is 1. The maximum absolute atomic E-state index is 4.65. The van der Waals surface area contributed by atoms with E-state index in [-0.39, 0.29) is 0 Å². The van der Waals surface area contributed by atoms with Gasteiger partial charge in [-0.2, -0.15) is 0 Å². The van der Waals surface area contributed by atoms with E-state index in [0.29, 0.717) is 19.6 Å². The highest BCUT2D eigenvalue weighted by atomic mass is 79.9. The number of hydrogen-bond donors (Lipinski definition) is 2. The van der Waals surface area contributed by atoms with E-state index in [4.69, 9.17) is 0 Å². The third-order valence-corrected chi connectivity index (χ3v) is 4.22. The second-order valence-corrected chi connectivity index (χ2v) is 6.40. The quantitative estimate of drug-likeness (QED) is 0.451. The Balaban J connectivity index is 2.06. The van der Waals surface area contributed by atoms with Crippen LogP contribution in [0.25, 0.3) is 0 Å². The maximum atomic E-state index is 4.65. The SMILES string of the molecule is C=CCNC(=NCc1ccc(Br)cc1C)NCc1nnc(C)n1C. The molecule has 24 heavy (non-hydrogen) atoms. The fourth-order valence-electron chi connectivity index (χ4n) is 2.11. The summed E-state index contributed by atoms with van der Waals surface area (Å²) in [6.45, 7) is 9.55. The van der Waals surface area contributed by atoms with Gasteiger partial charge >= 0.3 is 0 Å². The molecule has 7 heteroatoms. The molecule has 1 aromatic carbocycles. The molecule has 0 saturated carbocycles. The average molecular weight is 391 g/mol. The summed E-state index contributed by atoms with van der Waals surface area (Å²) in [5.41, 5.74) is 2.40. The molecule has 0 amide bonds. The van der Waals surface area contributed by atoms with Gasteiger partial charge in [-0.15, -0.1) is 16.8 Å². The van der Waals surface area contributed by atoms with Crippen LogP contribution in [0.2, 0.25) is 0 Å². The summed E-state index contributed by atoms with van der Waals surface area (Å²) in [5.74, 6) is 2.47. The predicted octanol–water partition coefficient (Wildman–Crippen LogP) is 2.62. The lowest BCUT2D eigenvalue weighted by molar-refractivity contribution is 0.721. The summed E-state index contributed by atoms with van der Waals surface area (Å²) in [4.78, 5) is 4.65. The summed E-state index contributed by atoms with van der Waals surface area (Å²) in [6.07, 6.45) is 1.80. The third-order valence-electron chi connectivity index (χ3n) is 3.72. The average Bonchev–Trinajstić information content (AvgIpc) is 2.87. The normalized spacial score (nSPS) is 11.4. The highest BCUT2D eigenvalue weighted by Gasteiger charge is 2.06. The fourth-order valence-corrected chi connectivity index (χ4v) is 2.59. The second-order valence-electron chi connectivity index (χ2n) is 5.48. The first kappa shape index (κ1) is 18.2. The summed E-state index contributed by atoms with van der Waals surface area (Å²) in [6, 6.07) is 6.21. The van der Waals surface area contributed by atoms with Crippen LogP contribution in [0.5, 0.6) is 0 Å². The van der Waals surface area contributed by atoms with Crippen LogP contribution >= 0.6 is 15.9 Å². The van der Waals surface area contributed by atoms with Gasteiger partial charge in [-0.25, -0.2) is 4.99 Å². The minimum absolute atomic E-state index is 0.555. The van der Waals surface area contributed by atoms with E-state index in [1.54, 1.807) is 6.08 Å². The van der Waals surface area contributed by atoms with Gasteiger partial charge in [0.25, 0.3) is 0 Å². The summed E-state index contributed by atoms with van der Waals surface area (Å²) in [5, 5.41) is 14.7. The second kappa shape index (κ2) is 8.63. The highest BCUT2D eigenvalue weighted by molar-refractivity contribution is 9.10. The van der Waals surface area contributed by atoms with Crippen LogP contribution in [0.4, 0.5) is 0 Å². The Bertz CT molecular complexity index is 735. The van der Waals surface area contributed by atoms with Crippen molar-refractivity contribution in [1.29, 1.82) is 0 Å². The molecular weight excluding hydrogens is 368 g/mol. The van der Waals surface area contributed by atoms with E-state index < -0.39 is 0 Å². The largest absolute Gasteiger partial charge is 0.353 e. The van der Waals surface area contributed by atoms with Crippen molar-refractivity contribution in [2.24, 2.45) is 12.0 Å². The molecule has 0 unspecified atom stereocenters. The number of guanidine groups is 1. The first-order valence-corrected chi connectivity index (χ1v) is 8.53. The molecule has 0 aliphatic carbocycles. The minimum Gasteiger partial charge on any atom is -0.353 e. The Hall–Kier alpha value is -2.15. The molecular formula is C17H23BrN6. The molecule has 6 nitrogen and oxygen atoms in total. The van der Waals surface area contributed by atoms with E-state index in [2.05, 4.69) is 67.4 Å². The van der Waals surface area contributed by atoms with Crippen molar-refractivity contribution >= 4 is 21.9 Å². The molecule has 0 saturated heterocycles. The van der Waals surface area contributed by atoms with Crippen molar-refractivity contribution in [2.75, 3.05) is 6.54 Å². The van der Waals surface area contributed by atoms with E-state index in [1.807, 2.05) is 24.6 Å². The van der Waals surface area contributed by atoms with Gasteiger partial charge in [-0.1, -0.05) is 28.1 Å². The van der Waals surface area contributed by atoms with Crippen molar-refractivity contribution in [3.05, 3.63) is 58.1 Å². The number of aryl methyl sites for hydroxylation is 2. The Morgan fingerprint density at radius 1 is 1.33 bits per heavy atom. The number of nitrogens with one attached hydrogen (secondary N) is 2. The molecule has 128 valence electrons. The number of rotatable bonds is 6. The van der Waals surface area contributed by atoms with Gasteiger partial charge in [0.05, 0.1) is 13.1 Å². The van der Waals surface area contributed by atoms with E-state index in [0.717, 1.165) is 22.1 Å². The molecule has 0 bridgehead atoms. The number of nitrogens with zero attached hydrogens (tertiary/aromatic N) is 4. The van der Waals surface area contributed by atoms with Crippen LogP contribution in [-0.2, 0) is 20.1 Å². The van der Waals surface area contributed by atoms with Crippen LogP contribution in [0, 0.1) is 13.8 Å². The molecule has 2 aromatic rings. The molecule has 2 rings (SSSR count). The zero-order valence-corrected chi connectivity index (χ0v) is 15.9. The molecule has 2 N–H and O–H groups in total. The maximum Gasteiger partial charge on any atom is 0.192 e. The molecule has 0 aliphatic heterocycles. The smallest absolute Gasteiger partial charge is 0.192 e. The molecule has 0 atom stereocenters. The summed E-state index contributed by atoms with van der Waals surface area (Å²) in [7, 11) is 1.95. The van der Waals surface area contributed by atoms with Crippen molar-refractivity contribution in [3.63, 3.8) is 0 Å². The Morgan fingerprint density at radius 3 is 2.75 bits per heavy atom. The van der Waals surface area contributed by atoms with Gasteiger partial charge in [0.15, 0.2) is 11.8 Å². The Morgan fingerprint density at radius 2 is 2.12 bits per heavy atom. The van der Waals surface area contributed by atoms with Crippen LogP contribution in [0.1, 0.15) is 22.8 Å². The van der Waals surface area contributed by atoms with Crippen molar-refractivity contribution in [1.82, 2.24) is 25.4 Å². The fraction of sp³-hybridized carbons (Fsp3) is 0.353. The first-order chi connectivity index (χ1) is 11.5. The minimum atomic E-state index is 0.555. The van der Waals surface area contributed by atoms with Crippen LogP contribution < -0.4 is 10.6 Å². The van der Waals surface area contributed by atoms with Crippen LogP contribution in [0.15, 0.2) is 40.3 Å². The molecule has 1 aromatic heterocycles. The van der Waals surface area contributed by atoms with Crippen LogP contribution in [-0.4, -0.2) is 27.3 Å². The Kier molecular flexibility index (Phi) is 6.54. The van der Waals surface area contributed by atoms with Gasteiger partial charge in [-0.3, -0.25) is 0 Å². The summed E-state index contributed by atoms with van der Waals surface area (Å²) < 4.78 is 3.03. The molecule has 0 radical (unpaired) electrons. The van der Waals surface area contributed by atoms with Gasteiger partial charge in [-0.05, 0) is 37.1 Å². The first-order valence-electron chi connectivity index (χ1n) is 7.74.